The molecule has 37 heavy (non-hydrogen) atoms. The third-order valence-electron chi connectivity index (χ3n) is 7.56. The molecule has 0 radical (unpaired) electrons. The number of thiophene rings is 1. The van der Waals surface area contributed by atoms with Crippen LogP contribution in [0.15, 0.2) is 46.9 Å². The van der Waals surface area contributed by atoms with Crippen LogP contribution in [0.5, 0.6) is 0 Å². The van der Waals surface area contributed by atoms with Crippen LogP contribution >= 0.6 is 27.3 Å². The van der Waals surface area contributed by atoms with Crippen molar-refractivity contribution in [3.05, 3.63) is 52.5 Å². The van der Waals surface area contributed by atoms with Crippen LogP contribution in [0.4, 0.5) is 0 Å². The van der Waals surface area contributed by atoms with Crippen molar-refractivity contribution in [2.24, 2.45) is 11.3 Å². The minimum atomic E-state index is -0.821. The van der Waals surface area contributed by atoms with Crippen LogP contribution in [0.25, 0.3) is 31.9 Å². The number of aromatic amines is 1. The molecule has 2 saturated carbocycles. The van der Waals surface area contributed by atoms with Gasteiger partial charge < -0.3 is 10.0 Å². The fourth-order valence-electron chi connectivity index (χ4n) is 5.33. The van der Waals surface area contributed by atoms with Gasteiger partial charge in [-0.1, -0.05) is 43.2 Å². The molecule has 0 aliphatic heterocycles. The lowest BCUT2D eigenvalue weighted by atomic mass is 9.85. The van der Waals surface area contributed by atoms with Crippen LogP contribution in [-0.4, -0.2) is 49.1 Å². The average molecular weight is 581 g/mol. The minimum absolute atomic E-state index is 0.0471. The van der Waals surface area contributed by atoms with Crippen molar-refractivity contribution in [3.63, 3.8) is 0 Å². The molecule has 6 rings (SSSR count). The number of fused-ring (bicyclic) bond motifs is 1. The molecule has 2 fully saturated rings. The number of carboxylic acid groups (broad SMARTS) is 1. The number of H-pyrrole nitrogens is 1. The number of aromatic nitrogens is 4. The summed E-state index contributed by atoms with van der Waals surface area (Å²) in [5.74, 6) is -0.0749. The van der Waals surface area contributed by atoms with Crippen LogP contribution in [-0.2, 0) is 16.1 Å². The molecule has 4 aromatic rings. The number of nitrogens with zero attached hydrogens (tertiary/aromatic N) is 4. The van der Waals surface area contributed by atoms with Crippen molar-refractivity contribution >= 4 is 49.2 Å². The molecule has 1 amide bonds. The molecular weight excluding hydrogens is 554 g/mol. The Labute approximate surface area is 226 Å². The molecule has 2 aromatic carbocycles. The number of tetrazole rings is 1. The van der Waals surface area contributed by atoms with E-state index >= 15 is 0 Å². The Morgan fingerprint density at radius 1 is 1.11 bits per heavy atom. The number of carboxylic acids is 1. The smallest absolute Gasteiger partial charge is 0.311 e. The van der Waals surface area contributed by atoms with Crippen molar-refractivity contribution in [1.82, 2.24) is 25.5 Å². The van der Waals surface area contributed by atoms with E-state index in [4.69, 9.17) is 0 Å². The maximum absolute atomic E-state index is 13.2. The van der Waals surface area contributed by atoms with Gasteiger partial charge in [0.2, 0.25) is 11.7 Å². The number of carbonyl (C=O) groups excluding carboxylic acids is 1. The molecule has 0 spiro atoms. The summed E-state index contributed by atoms with van der Waals surface area (Å²) in [6, 6.07) is 14.3. The van der Waals surface area contributed by atoms with Crippen LogP contribution in [0, 0.1) is 11.3 Å². The monoisotopic (exact) mass is 579 g/mol. The van der Waals surface area contributed by atoms with Crippen LogP contribution in [0.3, 0.4) is 0 Å². The minimum Gasteiger partial charge on any atom is -0.481 e. The second-order valence-electron chi connectivity index (χ2n) is 10.1. The van der Waals surface area contributed by atoms with Crippen molar-refractivity contribution in [3.8, 4) is 21.8 Å². The van der Waals surface area contributed by atoms with Crippen LogP contribution in [0.1, 0.15) is 44.1 Å². The Morgan fingerprint density at radius 2 is 1.84 bits per heavy atom. The molecule has 10 heteroatoms. The molecule has 2 aromatic heterocycles. The van der Waals surface area contributed by atoms with Gasteiger partial charge in [-0.05, 0) is 70.1 Å². The van der Waals surface area contributed by atoms with E-state index in [0.29, 0.717) is 31.8 Å². The van der Waals surface area contributed by atoms with Crippen LogP contribution in [0.2, 0.25) is 0 Å². The lowest BCUT2D eigenvalue weighted by Gasteiger charge is -2.32. The van der Waals surface area contributed by atoms with E-state index in [0.717, 1.165) is 61.8 Å². The molecule has 0 bridgehead atoms. The number of benzene rings is 2. The molecule has 2 aliphatic rings. The normalized spacial score (nSPS) is 16.8. The Morgan fingerprint density at radius 3 is 2.49 bits per heavy atom. The number of hydrogen-bond donors (Lipinski definition) is 2. The van der Waals surface area contributed by atoms with Gasteiger partial charge in [0.05, 0.1) is 5.41 Å². The number of halogens is 1. The zero-order valence-electron chi connectivity index (χ0n) is 20.1. The lowest BCUT2D eigenvalue weighted by Crippen LogP contribution is -2.44. The highest BCUT2D eigenvalue weighted by Crippen LogP contribution is 2.44. The molecule has 2 aliphatic carbocycles. The molecule has 190 valence electrons. The summed E-state index contributed by atoms with van der Waals surface area (Å²) in [5, 5.41) is 25.3. The van der Waals surface area contributed by atoms with Gasteiger partial charge in [-0.2, -0.15) is 5.21 Å². The van der Waals surface area contributed by atoms with E-state index < -0.39 is 11.4 Å². The first-order chi connectivity index (χ1) is 17.9. The number of hydrogen-bond acceptors (Lipinski definition) is 6. The van der Waals surface area contributed by atoms with Crippen molar-refractivity contribution in [2.75, 3.05) is 6.54 Å². The highest BCUT2D eigenvalue weighted by molar-refractivity contribution is 9.10. The highest BCUT2D eigenvalue weighted by Gasteiger charge is 2.45. The largest absolute Gasteiger partial charge is 0.481 e. The van der Waals surface area contributed by atoms with Gasteiger partial charge >= 0.3 is 5.97 Å². The zero-order valence-corrected chi connectivity index (χ0v) is 22.5. The summed E-state index contributed by atoms with van der Waals surface area (Å²) >= 11 is 5.52. The van der Waals surface area contributed by atoms with Gasteiger partial charge in [-0.15, -0.1) is 21.5 Å². The molecule has 0 saturated heterocycles. The molecule has 2 heterocycles. The summed E-state index contributed by atoms with van der Waals surface area (Å²) in [6.07, 6.45) is 4.90. The first kappa shape index (κ1) is 24.2. The van der Waals surface area contributed by atoms with Gasteiger partial charge in [0.15, 0.2) is 0 Å². The van der Waals surface area contributed by atoms with Gasteiger partial charge in [0.25, 0.3) is 0 Å². The van der Waals surface area contributed by atoms with Gasteiger partial charge in [0, 0.05) is 44.0 Å². The summed E-state index contributed by atoms with van der Waals surface area (Å²) in [7, 11) is 0. The Hall–Kier alpha value is -3.11. The van der Waals surface area contributed by atoms with Crippen molar-refractivity contribution in [2.45, 2.75) is 45.1 Å². The summed E-state index contributed by atoms with van der Waals surface area (Å²) < 4.78 is 2.16. The number of nitrogens with one attached hydrogen (secondary N) is 1. The number of carbonyl (C=O) groups is 2. The number of aliphatic carboxylic acids is 1. The van der Waals surface area contributed by atoms with Crippen LogP contribution < -0.4 is 0 Å². The molecule has 0 atom stereocenters. The topological polar surface area (TPSA) is 112 Å². The van der Waals surface area contributed by atoms with Gasteiger partial charge in [-0.25, -0.2) is 0 Å². The Kier molecular flexibility index (Phi) is 6.32. The van der Waals surface area contributed by atoms with E-state index in [1.165, 1.54) is 0 Å². The Balaban J connectivity index is 1.28. The molecule has 2 N–H and O–H groups in total. The maximum Gasteiger partial charge on any atom is 0.311 e. The predicted octanol–water partition coefficient (Wildman–Crippen LogP) is 5.89. The number of amides is 1. The van der Waals surface area contributed by atoms with E-state index in [1.807, 2.05) is 29.2 Å². The highest BCUT2D eigenvalue weighted by atomic mass is 79.9. The van der Waals surface area contributed by atoms with E-state index in [2.05, 4.69) is 54.8 Å². The maximum atomic E-state index is 13.2. The standard InChI is InChI=1S/C27H26BrN5O3S/c28-22-20-13-16(14-33(25(34)19-8-9-19)15-27(26(35)36)11-1-2-12-27)3-10-21(20)37-23(22)17-4-6-18(7-5-17)24-29-31-32-30-24/h3-7,10,13,19H,1-2,8-9,11-12,14-15H2,(H,35,36)(H,29,30,31,32). The third kappa shape index (κ3) is 4.68. The molecule has 0 unspecified atom stereocenters. The number of rotatable bonds is 8. The second-order valence-corrected chi connectivity index (χ2v) is 12.0. The second kappa shape index (κ2) is 9.64. The summed E-state index contributed by atoms with van der Waals surface area (Å²) in [6.45, 7) is 0.718. The van der Waals surface area contributed by atoms with E-state index in [1.54, 1.807) is 11.3 Å². The Bertz CT molecular complexity index is 1460. The zero-order chi connectivity index (χ0) is 25.6. The quantitative estimate of drug-likeness (QED) is 0.269. The van der Waals surface area contributed by atoms with E-state index in [-0.39, 0.29) is 11.8 Å². The molecule has 8 nitrogen and oxygen atoms in total. The predicted molar refractivity (Wildman–Crippen MR) is 145 cm³/mol. The first-order valence-corrected chi connectivity index (χ1v) is 14.1. The summed E-state index contributed by atoms with van der Waals surface area (Å²) in [4.78, 5) is 28.4. The lowest BCUT2D eigenvalue weighted by molar-refractivity contribution is -0.152. The SMILES string of the molecule is O=C(C1CC1)N(Cc1ccc2sc(-c3ccc(-c4nn[nH]n4)cc3)c(Br)c2c1)CC1(C(=O)O)CCCC1. The van der Waals surface area contributed by atoms with Gasteiger partial charge in [0.1, 0.15) is 0 Å². The van der Waals surface area contributed by atoms with Gasteiger partial charge in [-0.3, -0.25) is 9.59 Å². The average Bonchev–Trinajstić information content (AvgIpc) is 3.27. The van der Waals surface area contributed by atoms with Crippen molar-refractivity contribution in [1.29, 1.82) is 0 Å². The molecular formula is C27H26BrN5O3S. The van der Waals surface area contributed by atoms with Crippen molar-refractivity contribution < 1.29 is 14.7 Å². The fraction of sp³-hybridized carbons (Fsp3) is 0.370. The van der Waals surface area contributed by atoms with E-state index in [9.17, 15) is 14.7 Å². The first-order valence-electron chi connectivity index (χ1n) is 12.5. The summed E-state index contributed by atoms with van der Waals surface area (Å²) in [5.41, 5.74) is 2.16. The third-order valence-corrected chi connectivity index (χ3v) is 9.87. The fourth-order valence-corrected chi connectivity index (χ4v) is 7.34.